The minimum absolute atomic E-state index is 0.185. The second-order valence-corrected chi connectivity index (χ2v) is 11.5. The molecule has 0 aromatic rings. The average Bonchev–Trinajstić information content (AvgIpc) is 1.99. The van der Waals surface area contributed by atoms with Crippen molar-refractivity contribution in [2.45, 2.75) is 51.6 Å². The van der Waals surface area contributed by atoms with E-state index in [0.29, 0.717) is 0 Å². The van der Waals surface area contributed by atoms with Gasteiger partial charge in [-0.05, 0) is 19.4 Å². The fourth-order valence-electron chi connectivity index (χ4n) is 1.73. The van der Waals surface area contributed by atoms with Crippen LogP contribution in [0.1, 0.15) is 20.8 Å². The van der Waals surface area contributed by atoms with Crippen LogP contribution in [-0.4, -0.2) is 31.9 Å². The Balaban J connectivity index is 5.05. The summed E-state index contributed by atoms with van der Waals surface area (Å²) in [7, 11) is -0.100. The lowest BCUT2D eigenvalue weighted by molar-refractivity contribution is -0.153. The summed E-state index contributed by atoms with van der Waals surface area (Å²) in [5, 5.41) is 10.0. The van der Waals surface area contributed by atoms with Crippen LogP contribution < -0.4 is 0 Å². The van der Waals surface area contributed by atoms with Crippen molar-refractivity contribution < 1.29 is 14.6 Å². The number of rotatable bonds is 4. The fraction of sp³-hybridized carbons (Fsp3) is 0.909. The Labute approximate surface area is 93.8 Å². The van der Waals surface area contributed by atoms with Gasteiger partial charge in [0.15, 0.2) is 0 Å². The molecule has 0 fully saturated rings. The third kappa shape index (κ3) is 3.95. The number of ether oxygens (including phenoxy) is 1. The first-order chi connectivity index (χ1) is 6.51. The molecule has 0 radical (unpaired) electrons. The maximum absolute atomic E-state index is 11.7. The first-order valence-corrected chi connectivity index (χ1v) is 8.89. The van der Waals surface area contributed by atoms with Crippen LogP contribution in [0.4, 0.5) is 0 Å². The molecule has 3 nitrogen and oxygen atoms in total. The molecule has 0 aromatic heterocycles. The fourth-order valence-corrected chi connectivity index (χ4v) is 3.28. The highest BCUT2D eigenvalue weighted by Gasteiger charge is 2.43. The highest BCUT2D eigenvalue weighted by Crippen LogP contribution is 2.36. The van der Waals surface area contributed by atoms with E-state index in [2.05, 4.69) is 19.6 Å². The van der Waals surface area contributed by atoms with Crippen LogP contribution in [-0.2, 0) is 9.53 Å². The summed E-state index contributed by atoms with van der Waals surface area (Å²) < 4.78 is 4.78. The number of hydrogen-bond donors (Lipinski definition) is 1. The molecule has 0 aromatic carbocycles. The van der Waals surface area contributed by atoms with Crippen molar-refractivity contribution in [3.63, 3.8) is 0 Å². The number of carbonyl (C=O) groups is 1. The maximum Gasteiger partial charge on any atom is 0.311 e. The first kappa shape index (κ1) is 14.6. The van der Waals surface area contributed by atoms with Gasteiger partial charge in [0.05, 0.1) is 18.6 Å². The minimum Gasteiger partial charge on any atom is -0.469 e. The van der Waals surface area contributed by atoms with E-state index in [1.807, 2.05) is 6.92 Å². The Morgan fingerprint density at radius 1 is 1.33 bits per heavy atom. The van der Waals surface area contributed by atoms with E-state index < -0.39 is 19.6 Å². The first-order valence-electron chi connectivity index (χ1n) is 5.32. The average molecular weight is 232 g/mol. The largest absolute Gasteiger partial charge is 0.469 e. The van der Waals surface area contributed by atoms with Crippen molar-refractivity contribution in [2.24, 2.45) is 5.92 Å². The van der Waals surface area contributed by atoms with Crippen LogP contribution in [0.3, 0.4) is 0 Å². The van der Waals surface area contributed by atoms with Crippen molar-refractivity contribution >= 4 is 14.0 Å². The molecule has 15 heavy (non-hydrogen) atoms. The van der Waals surface area contributed by atoms with Gasteiger partial charge < -0.3 is 9.84 Å². The molecular weight excluding hydrogens is 208 g/mol. The second kappa shape index (κ2) is 4.66. The standard InChI is InChI=1S/C11H24O3Si/c1-8(15(5,6)7)9(10(12)14-4)11(2,3)13/h8-9,13H,1-7H3/t8-,9+/m0/s1. The Bertz CT molecular complexity index is 225. The van der Waals surface area contributed by atoms with Crippen molar-refractivity contribution in [3.05, 3.63) is 0 Å². The zero-order valence-electron chi connectivity index (χ0n) is 10.9. The molecule has 0 amide bonds. The van der Waals surface area contributed by atoms with Crippen LogP contribution in [0.5, 0.6) is 0 Å². The monoisotopic (exact) mass is 232 g/mol. The van der Waals surface area contributed by atoms with Gasteiger partial charge in [0.1, 0.15) is 0 Å². The third-order valence-electron chi connectivity index (χ3n) is 3.08. The van der Waals surface area contributed by atoms with Gasteiger partial charge in [-0.1, -0.05) is 26.6 Å². The highest BCUT2D eigenvalue weighted by molar-refractivity contribution is 6.77. The van der Waals surface area contributed by atoms with Crippen LogP contribution >= 0.6 is 0 Å². The number of methoxy groups -OCH3 is 1. The highest BCUT2D eigenvalue weighted by atomic mass is 28.3. The van der Waals surface area contributed by atoms with Gasteiger partial charge in [-0.15, -0.1) is 0 Å². The smallest absolute Gasteiger partial charge is 0.311 e. The Kier molecular flexibility index (Phi) is 4.55. The molecule has 90 valence electrons. The number of aliphatic hydroxyl groups is 1. The lowest BCUT2D eigenvalue weighted by Crippen LogP contribution is -2.46. The summed E-state index contributed by atoms with van der Waals surface area (Å²) in [6.45, 7) is 12.0. The molecule has 0 bridgehead atoms. The summed E-state index contributed by atoms with van der Waals surface area (Å²) >= 11 is 0. The maximum atomic E-state index is 11.7. The SMILES string of the molecule is COC(=O)[C@@H]([C@H](C)[Si](C)(C)C)C(C)(C)O. The van der Waals surface area contributed by atoms with Crippen LogP contribution in [0.25, 0.3) is 0 Å². The van der Waals surface area contributed by atoms with E-state index in [4.69, 9.17) is 4.74 Å². The summed E-state index contributed by atoms with van der Waals surface area (Å²) in [4.78, 5) is 11.7. The van der Waals surface area contributed by atoms with Crippen molar-refractivity contribution in [3.8, 4) is 0 Å². The molecule has 0 heterocycles. The summed E-state index contributed by atoms with van der Waals surface area (Å²) in [5.41, 5.74) is -0.836. The second-order valence-electron chi connectivity index (χ2n) is 5.81. The van der Waals surface area contributed by atoms with Crippen LogP contribution in [0, 0.1) is 5.92 Å². The van der Waals surface area contributed by atoms with Crippen molar-refractivity contribution in [2.75, 3.05) is 7.11 Å². The van der Waals surface area contributed by atoms with Crippen LogP contribution in [0.2, 0.25) is 25.2 Å². The quantitative estimate of drug-likeness (QED) is 0.597. The number of esters is 1. The third-order valence-corrected chi connectivity index (χ3v) is 6.15. The summed E-state index contributed by atoms with van der Waals surface area (Å²) in [6, 6.07) is 0. The molecule has 0 unspecified atom stereocenters. The molecule has 1 N–H and O–H groups in total. The zero-order chi connectivity index (χ0) is 12.4. The minimum atomic E-state index is -1.47. The lowest BCUT2D eigenvalue weighted by atomic mass is 9.88. The zero-order valence-corrected chi connectivity index (χ0v) is 11.9. The number of carbonyl (C=O) groups excluding carboxylic acids is 1. The Morgan fingerprint density at radius 2 is 1.73 bits per heavy atom. The van der Waals surface area contributed by atoms with Gasteiger partial charge in [0.25, 0.3) is 0 Å². The van der Waals surface area contributed by atoms with Gasteiger partial charge in [-0.3, -0.25) is 4.79 Å². The van der Waals surface area contributed by atoms with E-state index in [9.17, 15) is 9.90 Å². The molecule has 0 rings (SSSR count). The molecular formula is C11H24O3Si. The molecule has 0 aliphatic heterocycles. The van der Waals surface area contributed by atoms with E-state index in [1.54, 1.807) is 13.8 Å². The number of hydrogen-bond acceptors (Lipinski definition) is 3. The topological polar surface area (TPSA) is 46.5 Å². The summed E-state index contributed by atoms with van der Waals surface area (Å²) in [5.74, 6) is -0.744. The normalized spacial score (nSPS) is 17.1. The van der Waals surface area contributed by atoms with Gasteiger partial charge in [0, 0.05) is 8.07 Å². The van der Waals surface area contributed by atoms with E-state index in [0.717, 1.165) is 0 Å². The van der Waals surface area contributed by atoms with E-state index in [1.165, 1.54) is 7.11 Å². The van der Waals surface area contributed by atoms with Crippen molar-refractivity contribution in [1.29, 1.82) is 0 Å². The van der Waals surface area contributed by atoms with Gasteiger partial charge in [0.2, 0.25) is 0 Å². The molecule has 0 aliphatic rings. The molecule has 0 saturated heterocycles. The predicted octanol–water partition coefficient (Wildman–Crippen LogP) is 2.27. The van der Waals surface area contributed by atoms with Gasteiger partial charge in [-0.25, -0.2) is 0 Å². The van der Waals surface area contributed by atoms with E-state index in [-0.39, 0.29) is 11.5 Å². The Morgan fingerprint density at radius 3 is 1.93 bits per heavy atom. The molecule has 0 spiro atoms. The Hall–Kier alpha value is -0.353. The van der Waals surface area contributed by atoms with Gasteiger partial charge in [-0.2, -0.15) is 0 Å². The molecule has 2 atom stereocenters. The van der Waals surface area contributed by atoms with Crippen LogP contribution in [0.15, 0.2) is 0 Å². The predicted molar refractivity (Wildman–Crippen MR) is 64.6 cm³/mol. The molecule has 4 heteroatoms. The molecule has 0 saturated carbocycles. The van der Waals surface area contributed by atoms with E-state index >= 15 is 0 Å². The van der Waals surface area contributed by atoms with Crippen molar-refractivity contribution in [1.82, 2.24) is 0 Å². The lowest BCUT2D eigenvalue weighted by Gasteiger charge is -2.37. The van der Waals surface area contributed by atoms with Gasteiger partial charge >= 0.3 is 5.97 Å². The summed E-state index contributed by atoms with van der Waals surface area (Å²) in [6.07, 6.45) is 0. The molecule has 0 aliphatic carbocycles.